The molecule has 3 aromatic rings. The van der Waals surface area contributed by atoms with Gasteiger partial charge in [0.15, 0.2) is 4.32 Å². The first-order valence-corrected chi connectivity index (χ1v) is 11.9. The molecular formula is C24H17BrClNO3S2. The molecule has 0 bridgehead atoms. The van der Waals surface area contributed by atoms with Crippen molar-refractivity contribution in [1.29, 1.82) is 0 Å². The summed E-state index contributed by atoms with van der Waals surface area (Å²) in [4.78, 5) is 15.0. The van der Waals surface area contributed by atoms with Crippen LogP contribution in [-0.4, -0.2) is 17.3 Å². The van der Waals surface area contributed by atoms with E-state index in [-0.39, 0.29) is 5.91 Å². The fourth-order valence-electron chi connectivity index (χ4n) is 3.10. The Kier molecular flexibility index (Phi) is 7.20. The van der Waals surface area contributed by atoms with E-state index in [9.17, 15) is 4.79 Å². The number of hydrogen-bond donors (Lipinski definition) is 0. The Labute approximate surface area is 209 Å². The summed E-state index contributed by atoms with van der Waals surface area (Å²) in [6.45, 7) is 0.474. The Morgan fingerprint density at radius 2 is 1.84 bits per heavy atom. The highest BCUT2D eigenvalue weighted by Crippen LogP contribution is 2.39. The van der Waals surface area contributed by atoms with E-state index in [2.05, 4.69) is 15.9 Å². The second-order valence-electron chi connectivity index (χ2n) is 6.80. The molecule has 0 aromatic heterocycles. The lowest BCUT2D eigenvalue weighted by molar-refractivity contribution is -0.113. The van der Waals surface area contributed by atoms with Crippen LogP contribution in [0, 0.1) is 0 Å². The largest absolute Gasteiger partial charge is 0.495 e. The van der Waals surface area contributed by atoms with E-state index >= 15 is 0 Å². The first kappa shape index (κ1) is 22.9. The van der Waals surface area contributed by atoms with Gasteiger partial charge in [0.25, 0.3) is 5.91 Å². The maximum atomic E-state index is 13.0. The van der Waals surface area contributed by atoms with Gasteiger partial charge in [-0.15, -0.1) is 0 Å². The topological polar surface area (TPSA) is 38.8 Å². The van der Waals surface area contributed by atoms with Crippen LogP contribution in [0.4, 0.5) is 5.69 Å². The van der Waals surface area contributed by atoms with Crippen LogP contribution >= 0.6 is 51.5 Å². The van der Waals surface area contributed by atoms with Crippen molar-refractivity contribution in [2.24, 2.45) is 0 Å². The predicted molar refractivity (Wildman–Crippen MR) is 139 cm³/mol. The number of benzene rings is 3. The number of thioether (sulfide) groups is 1. The molecule has 0 saturated carbocycles. The standard InChI is InChI=1S/C24H17BrClNO3S2/c1-29-21-10-8-17(13-19(21)26)27-23(28)22(32-24(27)31)12-16-7-9-20(18(25)11-16)30-14-15-5-3-2-4-6-15/h2-13H,14H2,1H3/b22-12+. The monoisotopic (exact) mass is 545 g/mol. The van der Waals surface area contributed by atoms with Gasteiger partial charge in [-0.3, -0.25) is 9.69 Å². The summed E-state index contributed by atoms with van der Waals surface area (Å²) in [7, 11) is 1.54. The Hall–Kier alpha value is -2.32. The molecule has 1 aliphatic rings. The molecule has 1 saturated heterocycles. The zero-order chi connectivity index (χ0) is 22.7. The molecule has 1 heterocycles. The van der Waals surface area contributed by atoms with Crippen LogP contribution in [-0.2, 0) is 11.4 Å². The van der Waals surface area contributed by atoms with E-state index in [0.29, 0.717) is 32.3 Å². The SMILES string of the molecule is COc1ccc(N2C(=O)/C(=C\c3ccc(OCc4ccccc4)c(Br)c3)SC2=S)cc1Cl. The number of ether oxygens (including phenoxy) is 2. The number of methoxy groups -OCH3 is 1. The molecule has 162 valence electrons. The highest BCUT2D eigenvalue weighted by atomic mass is 79.9. The fraction of sp³-hybridized carbons (Fsp3) is 0.0833. The van der Waals surface area contributed by atoms with Crippen LogP contribution in [0.5, 0.6) is 11.5 Å². The van der Waals surface area contributed by atoms with E-state index in [4.69, 9.17) is 33.3 Å². The minimum Gasteiger partial charge on any atom is -0.495 e. The molecule has 0 unspecified atom stereocenters. The Morgan fingerprint density at radius 1 is 1.09 bits per heavy atom. The number of amides is 1. The van der Waals surface area contributed by atoms with Gasteiger partial charge in [0, 0.05) is 0 Å². The van der Waals surface area contributed by atoms with E-state index in [1.807, 2.05) is 54.6 Å². The fourth-order valence-corrected chi connectivity index (χ4v) is 5.16. The maximum Gasteiger partial charge on any atom is 0.270 e. The molecule has 1 fully saturated rings. The number of hydrogen-bond acceptors (Lipinski definition) is 5. The van der Waals surface area contributed by atoms with Gasteiger partial charge in [-0.1, -0.05) is 72.0 Å². The summed E-state index contributed by atoms with van der Waals surface area (Å²) in [5.74, 6) is 1.07. The summed E-state index contributed by atoms with van der Waals surface area (Å²) in [5.41, 5.74) is 2.55. The highest BCUT2D eigenvalue weighted by Gasteiger charge is 2.33. The van der Waals surface area contributed by atoms with Crippen molar-refractivity contribution in [3.8, 4) is 11.5 Å². The van der Waals surface area contributed by atoms with E-state index in [0.717, 1.165) is 21.3 Å². The predicted octanol–water partition coefficient (Wildman–Crippen LogP) is 7.10. The summed E-state index contributed by atoms with van der Waals surface area (Å²) < 4.78 is 12.3. The molecule has 0 radical (unpaired) electrons. The van der Waals surface area contributed by atoms with E-state index in [1.54, 1.807) is 25.3 Å². The van der Waals surface area contributed by atoms with E-state index in [1.165, 1.54) is 16.7 Å². The van der Waals surface area contributed by atoms with Crippen molar-refractivity contribution in [1.82, 2.24) is 0 Å². The van der Waals surface area contributed by atoms with Crippen LogP contribution in [0.25, 0.3) is 6.08 Å². The van der Waals surface area contributed by atoms with Crippen LogP contribution in [0.3, 0.4) is 0 Å². The van der Waals surface area contributed by atoms with Crippen molar-refractivity contribution in [3.05, 3.63) is 92.3 Å². The van der Waals surface area contributed by atoms with Gasteiger partial charge in [-0.2, -0.15) is 0 Å². The average Bonchev–Trinajstić information content (AvgIpc) is 3.06. The number of carbonyl (C=O) groups excluding carboxylic acids is 1. The van der Waals surface area contributed by atoms with Gasteiger partial charge in [0.2, 0.25) is 0 Å². The van der Waals surface area contributed by atoms with Crippen molar-refractivity contribution < 1.29 is 14.3 Å². The zero-order valence-electron chi connectivity index (χ0n) is 16.9. The Balaban J connectivity index is 1.51. The van der Waals surface area contributed by atoms with Crippen LogP contribution < -0.4 is 14.4 Å². The number of anilines is 1. The Bertz CT molecular complexity index is 1220. The molecule has 1 aliphatic heterocycles. The van der Waals surface area contributed by atoms with Crippen LogP contribution in [0.15, 0.2) is 76.1 Å². The minimum atomic E-state index is -0.193. The lowest BCUT2D eigenvalue weighted by Crippen LogP contribution is -2.27. The van der Waals surface area contributed by atoms with Gasteiger partial charge in [-0.05, 0) is 63.5 Å². The molecule has 0 aliphatic carbocycles. The number of carbonyl (C=O) groups is 1. The number of nitrogens with zero attached hydrogens (tertiary/aromatic N) is 1. The lowest BCUT2D eigenvalue weighted by atomic mass is 10.2. The molecular weight excluding hydrogens is 530 g/mol. The Morgan fingerprint density at radius 3 is 2.53 bits per heavy atom. The third kappa shape index (κ3) is 5.02. The second kappa shape index (κ2) is 10.1. The first-order chi connectivity index (χ1) is 15.5. The summed E-state index contributed by atoms with van der Waals surface area (Å²) in [5, 5.41) is 0.415. The quantitative estimate of drug-likeness (QED) is 0.244. The van der Waals surface area contributed by atoms with Gasteiger partial charge in [0.1, 0.15) is 18.1 Å². The average molecular weight is 547 g/mol. The molecule has 3 aromatic carbocycles. The minimum absolute atomic E-state index is 0.193. The molecule has 0 atom stereocenters. The molecule has 1 amide bonds. The van der Waals surface area contributed by atoms with Crippen molar-refractivity contribution in [3.63, 3.8) is 0 Å². The van der Waals surface area contributed by atoms with Gasteiger partial charge in [-0.25, -0.2) is 0 Å². The first-order valence-electron chi connectivity index (χ1n) is 9.54. The third-order valence-electron chi connectivity index (χ3n) is 4.68. The number of halogens is 2. The third-order valence-corrected chi connectivity index (χ3v) is 6.90. The smallest absolute Gasteiger partial charge is 0.270 e. The molecule has 4 rings (SSSR count). The van der Waals surface area contributed by atoms with Crippen molar-refractivity contribution in [2.75, 3.05) is 12.0 Å². The van der Waals surface area contributed by atoms with Gasteiger partial charge in [0.05, 0.1) is 27.2 Å². The maximum absolute atomic E-state index is 13.0. The zero-order valence-corrected chi connectivity index (χ0v) is 20.9. The summed E-state index contributed by atoms with van der Waals surface area (Å²) >= 11 is 16.5. The van der Waals surface area contributed by atoms with Crippen LogP contribution in [0.1, 0.15) is 11.1 Å². The normalized spacial score (nSPS) is 14.8. The lowest BCUT2D eigenvalue weighted by Gasteiger charge is -2.15. The van der Waals surface area contributed by atoms with Gasteiger partial charge < -0.3 is 9.47 Å². The van der Waals surface area contributed by atoms with Gasteiger partial charge >= 0.3 is 0 Å². The van der Waals surface area contributed by atoms with Crippen LogP contribution in [0.2, 0.25) is 5.02 Å². The van der Waals surface area contributed by atoms with Crippen molar-refractivity contribution in [2.45, 2.75) is 6.61 Å². The highest BCUT2D eigenvalue weighted by molar-refractivity contribution is 9.10. The molecule has 4 nitrogen and oxygen atoms in total. The van der Waals surface area contributed by atoms with E-state index < -0.39 is 0 Å². The molecule has 32 heavy (non-hydrogen) atoms. The second-order valence-corrected chi connectivity index (χ2v) is 9.74. The number of thiocarbonyl (C=S) groups is 1. The van der Waals surface area contributed by atoms with Crippen molar-refractivity contribution >= 4 is 73.5 Å². The number of rotatable bonds is 6. The summed E-state index contributed by atoms with van der Waals surface area (Å²) in [6, 6.07) is 20.8. The summed E-state index contributed by atoms with van der Waals surface area (Å²) in [6.07, 6.45) is 1.82. The molecule has 0 spiro atoms. The molecule has 8 heteroatoms. The molecule has 0 N–H and O–H groups in total.